The zero-order chi connectivity index (χ0) is 15.4. The summed E-state index contributed by atoms with van der Waals surface area (Å²) in [6.45, 7) is 5.99. The molecule has 0 amide bonds. The number of hydrogen-bond acceptors (Lipinski definition) is 3. The second kappa shape index (κ2) is 6.43. The minimum absolute atomic E-state index is 0.0226. The molecule has 0 atom stereocenters. The lowest BCUT2D eigenvalue weighted by molar-refractivity contribution is -0.150. The van der Waals surface area contributed by atoms with E-state index in [1.54, 1.807) is 0 Å². The van der Waals surface area contributed by atoms with Gasteiger partial charge in [-0.3, -0.25) is 4.79 Å². The van der Waals surface area contributed by atoms with Gasteiger partial charge in [-0.25, -0.2) is 13.1 Å². The molecule has 0 unspecified atom stereocenters. The minimum Gasteiger partial charge on any atom is -0.481 e. The molecule has 0 saturated heterocycles. The van der Waals surface area contributed by atoms with Crippen LogP contribution >= 0.6 is 0 Å². The average Bonchev–Trinajstić information content (AvgIpc) is 2.35. The Bertz CT molecular complexity index is 431. The number of nitrogens with one attached hydrogen (secondary N) is 1. The predicted octanol–water partition coefficient (Wildman–Crippen LogP) is 2.38. The van der Waals surface area contributed by atoms with Crippen LogP contribution in [0.1, 0.15) is 59.3 Å². The van der Waals surface area contributed by atoms with Crippen LogP contribution in [-0.4, -0.2) is 31.8 Å². The van der Waals surface area contributed by atoms with Gasteiger partial charge in [-0.15, -0.1) is 0 Å². The summed E-state index contributed by atoms with van der Waals surface area (Å²) in [5, 5.41) is 9.41. The van der Waals surface area contributed by atoms with E-state index in [-0.39, 0.29) is 17.7 Å². The van der Waals surface area contributed by atoms with Crippen molar-refractivity contribution in [3.8, 4) is 0 Å². The van der Waals surface area contributed by atoms with E-state index in [4.69, 9.17) is 0 Å². The summed E-state index contributed by atoms with van der Waals surface area (Å²) in [4.78, 5) is 11.5. The highest BCUT2D eigenvalue weighted by molar-refractivity contribution is 7.89. The highest BCUT2D eigenvalue weighted by Gasteiger charge is 2.40. The van der Waals surface area contributed by atoms with Crippen LogP contribution in [0, 0.1) is 10.8 Å². The van der Waals surface area contributed by atoms with Crippen molar-refractivity contribution in [3.05, 3.63) is 0 Å². The molecule has 0 spiro atoms. The maximum absolute atomic E-state index is 12.0. The third-order valence-corrected chi connectivity index (χ3v) is 5.34. The molecule has 1 aliphatic rings. The fraction of sp³-hybridized carbons (Fsp3) is 0.929. The Morgan fingerprint density at radius 2 is 1.75 bits per heavy atom. The van der Waals surface area contributed by atoms with Gasteiger partial charge in [-0.1, -0.05) is 40.0 Å². The zero-order valence-electron chi connectivity index (χ0n) is 12.7. The van der Waals surface area contributed by atoms with Crippen LogP contribution in [0.3, 0.4) is 0 Å². The van der Waals surface area contributed by atoms with Gasteiger partial charge in [-0.05, 0) is 24.7 Å². The van der Waals surface area contributed by atoms with Crippen molar-refractivity contribution in [2.24, 2.45) is 10.8 Å². The summed E-state index contributed by atoms with van der Waals surface area (Å²) in [6.07, 6.45) is 4.43. The molecule has 6 heteroatoms. The van der Waals surface area contributed by atoms with Crippen LogP contribution < -0.4 is 4.72 Å². The molecule has 1 rings (SSSR count). The second-order valence-electron chi connectivity index (χ2n) is 7.10. The molecule has 0 aromatic carbocycles. The summed E-state index contributed by atoms with van der Waals surface area (Å²) in [7, 11) is -3.40. The van der Waals surface area contributed by atoms with Gasteiger partial charge in [0, 0.05) is 6.54 Å². The summed E-state index contributed by atoms with van der Waals surface area (Å²) in [5.41, 5.74) is -0.961. The van der Waals surface area contributed by atoms with Gasteiger partial charge < -0.3 is 5.11 Å². The number of rotatable bonds is 6. The molecule has 1 fully saturated rings. The van der Waals surface area contributed by atoms with Gasteiger partial charge in [0.25, 0.3) is 0 Å². The first-order valence-electron chi connectivity index (χ1n) is 7.27. The van der Waals surface area contributed by atoms with Crippen molar-refractivity contribution >= 4 is 16.0 Å². The van der Waals surface area contributed by atoms with Gasteiger partial charge in [0.05, 0.1) is 11.2 Å². The Morgan fingerprint density at radius 1 is 1.20 bits per heavy atom. The van der Waals surface area contributed by atoms with Gasteiger partial charge >= 0.3 is 5.97 Å². The lowest BCUT2D eigenvalue weighted by Gasteiger charge is -2.33. The van der Waals surface area contributed by atoms with Gasteiger partial charge in [0.1, 0.15) is 0 Å². The van der Waals surface area contributed by atoms with Crippen LogP contribution in [0.15, 0.2) is 0 Å². The molecule has 0 heterocycles. The maximum atomic E-state index is 12.0. The van der Waals surface area contributed by atoms with Crippen LogP contribution in [0.2, 0.25) is 0 Å². The first-order chi connectivity index (χ1) is 9.06. The van der Waals surface area contributed by atoms with E-state index in [1.807, 2.05) is 20.8 Å². The lowest BCUT2D eigenvalue weighted by Crippen LogP contribution is -2.45. The van der Waals surface area contributed by atoms with Crippen molar-refractivity contribution in [3.63, 3.8) is 0 Å². The number of carboxylic acid groups (broad SMARTS) is 1. The first kappa shape index (κ1) is 17.4. The topological polar surface area (TPSA) is 83.5 Å². The molecule has 0 bridgehead atoms. The molecule has 118 valence electrons. The molecule has 0 aliphatic heterocycles. The minimum atomic E-state index is -3.40. The molecule has 1 saturated carbocycles. The maximum Gasteiger partial charge on any atom is 0.310 e. The summed E-state index contributed by atoms with van der Waals surface area (Å²) >= 11 is 0. The third-order valence-electron chi connectivity index (χ3n) is 4.02. The van der Waals surface area contributed by atoms with E-state index in [9.17, 15) is 18.3 Å². The highest BCUT2D eigenvalue weighted by atomic mass is 32.2. The van der Waals surface area contributed by atoms with E-state index in [1.165, 1.54) is 0 Å². The molecule has 2 N–H and O–H groups in total. The predicted molar refractivity (Wildman–Crippen MR) is 79.0 cm³/mol. The van der Waals surface area contributed by atoms with E-state index in [2.05, 4.69) is 4.72 Å². The summed E-state index contributed by atoms with van der Waals surface area (Å²) in [6, 6.07) is 0. The van der Waals surface area contributed by atoms with E-state index < -0.39 is 21.4 Å². The molecule has 1 aliphatic carbocycles. The van der Waals surface area contributed by atoms with E-state index in [0.717, 1.165) is 19.3 Å². The molecule has 0 aromatic heterocycles. The molecule has 5 nitrogen and oxygen atoms in total. The SMILES string of the molecule is CC(C)(C)CCS(=O)(=O)NCC1(C(=O)O)CCCCC1. The van der Waals surface area contributed by atoms with Gasteiger partial charge in [-0.2, -0.15) is 0 Å². The first-order valence-corrected chi connectivity index (χ1v) is 8.92. The molecule has 0 radical (unpaired) electrons. The second-order valence-corrected chi connectivity index (χ2v) is 9.02. The van der Waals surface area contributed by atoms with E-state index in [0.29, 0.717) is 19.3 Å². The van der Waals surface area contributed by atoms with E-state index >= 15 is 0 Å². The standard InChI is InChI=1S/C14H27NO4S/c1-13(2,3)9-10-20(18,19)15-11-14(12(16)17)7-5-4-6-8-14/h15H,4-11H2,1-3H3,(H,16,17). The van der Waals surface area contributed by atoms with Crippen LogP contribution in [0.4, 0.5) is 0 Å². The zero-order valence-corrected chi connectivity index (χ0v) is 13.6. The fourth-order valence-electron chi connectivity index (χ4n) is 2.46. The molecule has 20 heavy (non-hydrogen) atoms. The van der Waals surface area contributed by atoms with Crippen LogP contribution in [0.5, 0.6) is 0 Å². The number of sulfonamides is 1. The Hall–Kier alpha value is -0.620. The molecule has 0 aromatic rings. The third kappa shape index (κ3) is 5.40. The number of carbonyl (C=O) groups is 1. The Labute approximate surface area is 122 Å². The van der Waals surface area contributed by atoms with Crippen molar-refractivity contribution in [1.82, 2.24) is 4.72 Å². The fourth-order valence-corrected chi connectivity index (χ4v) is 3.98. The number of aliphatic carboxylic acids is 1. The smallest absolute Gasteiger partial charge is 0.310 e. The summed E-state index contributed by atoms with van der Waals surface area (Å²) < 4.78 is 26.5. The quantitative estimate of drug-likeness (QED) is 0.789. The Kier molecular flexibility index (Phi) is 5.61. The van der Waals surface area contributed by atoms with Gasteiger partial charge in [0.2, 0.25) is 10.0 Å². The van der Waals surface area contributed by atoms with Crippen LogP contribution in [0.25, 0.3) is 0 Å². The van der Waals surface area contributed by atoms with Crippen molar-refractivity contribution < 1.29 is 18.3 Å². The van der Waals surface area contributed by atoms with Crippen molar-refractivity contribution in [1.29, 1.82) is 0 Å². The van der Waals surface area contributed by atoms with Gasteiger partial charge in [0.15, 0.2) is 0 Å². The largest absolute Gasteiger partial charge is 0.481 e. The van der Waals surface area contributed by atoms with Crippen molar-refractivity contribution in [2.45, 2.75) is 59.3 Å². The molecular weight excluding hydrogens is 278 g/mol. The number of hydrogen-bond donors (Lipinski definition) is 2. The summed E-state index contributed by atoms with van der Waals surface area (Å²) in [5.74, 6) is -0.831. The number of carboxylic acids is 1. The Balaban J connectivity index is 2.61. The van der Waals surface area contributed by atoms with Crippen LogP contribution in [-0.2, 0) is 14.8 Å². The monoisotopic (exact) mass is 305 g/mol. The Morgan fingerprint density at radius 3 is 2.20 bits per heavy atom. The average molecular weight is 305 g/mol. The molecular formula is C14H27NO4S. The van der Waals surface area contributed by atoms with Crippen molar-refractivity contribution in [2.75, 3.05) is 12.3 Å². The highest BCUT2D eigenvalue weighted by Crippen LogP contribution is 2.36. The normalized spacial score (nSPS) is 19.8. The lowest BCUT2D eigenvalue weighted by atomic mass is 9.74.